The highest BCUT2D eigenvalue weighted by Gasteiger charge is 2.32. The Hall–Kier alpha value is -2.90. The predicted octanol–water partition coefficient (Wildman–Crippen LogP) is 4.34. The molecule has 1 heterocycles. The van der Waals surface area contributed by atoms with Crippen LogP contribution in [0.2, 0.25) is 0 Å². The number of halogens is 4. The molecule has 0 aliphatic carbocycles. The summed E-state index contributed by atoms with van der Waals surface area (Å²) >= 11 is 0. The average Bonchev–Trinajstić information content (AvgIpc) is 2.67. The van der Waals surface area contributed by atoms with Crippen molar-refractivity contribution < 1.29 is 27.2 Å². The van der Waals surface area contributed by atoms with Crippen LogP contribution in [-0.2, 0) is 11.0 Å². The number of likely N-dealkylation sites (tertiary alicyclic amines) is 1. The van der Waals surface area contributed by atoms with E-state index >= 15 is 0 Å². The van der Waals surface area contributed by atoms with Crippen LogP contribution < -0.4 is 5.32 Å². The van der Waals surface area contributed by atoms with E-state index in [1.54, 1.807) is 0 Å². The largest absolute Gasteiger partial charge is 0.416 e. The molecule has 1 fully saturated rings. The lowest BCUT2D eigenvalue weighted by atomic mass is 9.96. The zero-order valence-corrected chi connectivity index (χ0v) is 14.8. The van der Waals surface area contributed by atoms with E-state index < -0.39 is 29.4 Å². The Morgan fingerprint density at radius 2 is 1.79 bits per heavy atom. The van der Waals surface area contributed by atoms with Crippen molar-refractivity contribution in [2.75, 3.05) is 18.4 Å². The molecule has 1 aliphatic rings. The predicted molar refractivity (Wildman–Crippen MR) is 95.1 cm³/mol. The quantitative estimate of drug-likeness (QED) is 0.788. The maximum Gasteiger partial charge on any atom is 0.416 e. The maximum absolute atomic E-state index is 13.0. The third kappa shape index (κ3) is 4.68. The fraction of sp³-hybridized carbons (Fsp3) is 0.300. The fourth-order valence-corrected chi connectivity index (χ4v) is 3.17. The van der Waals surface area contributed by atoms with Crippen LogP contribution in [0.5, 0.6) is 0 Å². The highest BCUT2D eigenvalue weighted by Crippen LogP contribution is 2.31. The number of benzene rings is 2. The van der Waals surface area contributed by atoms with Gasteiger partial charge in [-0.3, -0.25) is 9.59 Å². The summed E-state index contributed by atoms with van der Waals surface area (Å²) in [6.45, 7) is 0.616. The third-order valence-corrected chi connectivity index (χ3v) is 4.63. The first kappa shape index (κ1) is 19.9. The van der Waals surface area contributed by atoms with Crippen LogP contribution in [0.4, 0.5) is 23.2 Å². The number of nitrogens with zero attached hydrogens (tertiary/aromatic N) is 1. The molecule has 1 aliphatic heterocycles. The number of amides is 2. The number of alkyl halides is 3. The second-order valence-corrected chi connectivity index (χ2v) is 6.67. The molecule has 2 amide bonds. The van der Waals surface area contributed by atoms with Crippen LogP contribution in [-0.4, -0.2) is 29.8 Å². The van der Waals surface area contributed by atoms with E-state index in [0.29, 0.717) is 24.9 Å². The SMILES string of the molecule is O=C(Nc1cccc(C(F)(F)F)c1)C1CCCN(C(=O)c2ccc(F)cc2)C1. The first-order valence-electron chi connectivity index (χ1n) is 8.77. The number of hydrogen-bond acceptors (Lipinski definition) is 2. The van der Waals surface area contributed by atoms with Crippen molar-refractivity contribution in [3.8, 4) is 0 Å². The summed E-state index contributed by atoms with van der Waals surface area (Å²) in [4.78, 5) is 26.5. The molecule has 8 heteroatoms. The van der Waals surface area contributed by atoms with Gasteiger partial charge in [-0.1, -0.05) is 6.07 Å². The molecule has 4 nitrogen and oxygen atoms in total. The third-order valence-electron chi connectivity index (χ3n) is 4.63. The molecule has 28 heavy (non-hydrogen) atoms. The van der Waals surface area contributed by atoms with Gasteiger partial charge < -0.3 is 10.2 Å². The molecule has 0 bridgehead atoms. The molecule has 0 saturated carbocycles. The van der Waals surface area contributed by atoms with Crippen LogP contribution in [0.15, 0.2) is 48.5 Å². The molecule has 1 atom stereocenters. The van der Waals surface area contributed by atoms with E-state index in [9.17, 15) is 27.2 Å². The zero-order valence-electron chi connectivity index (χ0n) is 14.8. The minimum atomic E-state index is -4.50. The Morgan fingerprint density at radius 1 is 1.07 bits per heavy atom. The van der Waals surface area contributed by atoms with Gasteiger partial charge in [0.2, 0.25) is 5.91 Å². The van der Waals surface area contributed by atoms with Crippen molar-refractivity contribution in [2.24, 2.45) is 5.92 Å². The Labute approximate surface area is 159 Å². The van der Waals surface area contributed by atoms with Crippen molar-refractivity contribution in [3.63, 3.8) is 0 Å². The molecule has 3 rings (SSSR count). The molecule has 0 spiro atoms. The minimum Gasteiger partial charge on any atom is -0.338 e. The van der Waals surface area contributed by atoms with Crippen LogP contribution in [0, 0.1) is 11.7 Å². The zero-order chi connectivity index (χ0) is 20.3. The highest BCUT2D eigenvalue weighted by atomic mass is 19.4. The minimum absolute atomic E-state index is 0.0572. The number of hydrogen-bond donors (Lipinski definition) is 1. The molecule has 2 aromatic carbocycles. The first-order valence-corrected chi connectivity index (χ1v) is 8.77. The fourth-order valence-electron chi connectivity index (χ4n) is 3.17. The molecule has 2 aromatic rings. The molecule has 148 valence electrons. The standard InChI is InChI=1S/C20H18F4N2O2/c21-16-8-6-13(7-9-16)19(28)26-10-2-3-14(12-26)18(27)25-17-5-1-4-15(11-17)20(22,23)24/h1,4-9,11,14H,2-3,10,12H2,(H,25,27). The summed E-state index contributed by atoms with van der Waals surface area (Å²) in [5.74, 6) is -1.73. The number of carbonyl (C=O) groups excluding carboxylic acids is 2. The highest BCUT2D eigenvalue weighted by molar-refractivity contribution is 5.96. The van der Waals surface area contributed by atoms with E-state index in [1.807, 2.05) is 0 Å². The van der Waals surface area contributed by atoms with E-state index in [4.69, 9.17) is 0 Å². The average molecular weight is 394 g/mol. The summed E-state index contributed by atoms with van der Waals surface area (Å²) < 4.78 is 51.4. The first-order chi connectivity index (χ1) is 13.2. The van der Waals surface area contributed by atoms with Gasteiger partial charge in [-0.15, -0.1) is 0 Å². The molecule has 1 N–H and O–H groups in total. The number of piperidine rings is 1. The lowest BCUT2D eigenvalue weighted by Gasteiger charge is -2.32. The van der Waals surface area contributed by atoms with Gasteiger partial charge in [-0.2, -0.15) is 13.2 Å². The smallest absolute Gasteiger partial charge is 0.338 e. The van der Waals surface area contributed by atoms with Gasteiger partial charge in [0.25, 0.3) is 5.91 Å². The summed E-state index contributed by atoms with van der Waals surface area (Å²) in [6, 6.07) is 9.56. The second-order valence-electron chi connectivity index (χ2n) is 6.67. The topological polar surface area (TPSA) is 49.4 Å². The molecular formula is C20H18F4N2O2. The summed E-state index contributed by atoms with van der Waals surface area (Å²) in [5, 5.41) is 2.50. The van der Waals surface area contributed by atoms with Gasteiger partial charge >= 0.3 is 6.18 Å². The Balaban J connectivity index is 1.66. The molecule has 1 unspecified atom stereocenters. The summed E-state index contributed by atoms with van der Waals surface area (Å²) in [7, 11) is 0. The van der Waals surface area contributed by atoms with E-state index in [2.05, 4.69) is 5.32 Å². The summed E-state index contributed by atoms with van der Waals surface area (Å²) in [6.07, 6.45) is -3.38. The number of nitrogens with one attached hydrogen (secondary N) is 1. The van der Waals surface area contributed by atoms with Crippen molar-refractivity contribution in [1.82, 2.24) is 4.90 Å². The van der Waals surface area contributed by atoms with Crippen molar-refractivity contribution in [1.29, 1.82) is 0 Å². The number of anilines is 1. The van der Waals surface area contributed by atoms with Crippen molar-refractivity contribution in [2.45, 2.75) is 19.0 Å². The molecular weight excluding hydrogens is 376 g/mol. The van der Waals surface area contributed by atoms with Crippen LogP contribution in [0.3, 0.4) is 0 Å². The lowest BCUT2D eigenvalue weighted by Crippen LogP contribution is -2.43. The lowest BCUT2D eigenvalue weighted by molar-refractivity contribution is -0.137. The normalized spacial score (nSPS) is 17.3. The van der Waals surface area contributed by atoms with Crippen molar-refractivity contribution >= 4 is 17.5 Å². The van der Waals surface area contributed by atoms with Gasteiger partial charge in [0.1, 0.15) is 5.82 Å². The maximum atomic E-state index is 13.0. The monoisotopic (exact) mass is 394 g/mol. The van der Waals surface area contributed by atoms with Gasteiger partial charge in [0.05, 0.1) is 11.5 Å². The number of carbonyl (C=O) groups is 2. The number of rotatable bonds is 3. The Kier molecular flexibility index (Phi) is 5.67. The van der Waals surface area contributed by atoms with Gasteiger partial charge in [-0.25, -0.2) is 4.39 Å². The van der Waals surface area contributed by atoms with Gasteiger partial charge in [0.15, 0.2) is 0 Å². The second kappa shape index (κ2) is 8.00. The van der Waals surface area contributed by atoms with Crippen LogP contribution in [0.25, 0.3) is 0 Å². The van der Waals surface area contributed by atoms with Crippen LogP contribution in [0.1, 0.15) is 28.8 Å². The van der Waals surface area contributed by atoms with Crippen LogP contribution >= 0.6 is 0 Å². The van der Waals surface area contributed by atoms with Gasteiger partial charge in [-0.05, 0) is 55.3 Å². The Bertz CT molecular complexity index is 865. The molecule has 0 radical (unpaired) electrons. The van der Waals surface area contributed by atoms with Gasteiger partial charge in [0, 0.05) is 24.3 Å². The van der Waals surface area contributed by atoms with E-state index in [1.165, 1.54) is 41.3 Å². The summed E-state index contributed by atoms with van der Waals surface area (Å²) in [5.41, 5.74) is -0.468. The molecule has 0 aromatic heterocycles. The Morgan fingerprint density at radius 3 is 2.46 bits per heavy atom. The van der Waals surface area contributed by atoms with E-state index in [0.717, 1.165) is 12.1 Å². The molecule has 1 saturated heterocycles. The van der Waals surface area contributed by atoms with Crippen molar-refractivity contribution in [3.05, 3.63) is 65.5 Å². The van der Waals surface area contributed by atoms with E-state index in [-0.39, 0.29) is 18.1 Å².